The molecule has 2 nitrogen and oxygen atoms in total. The van der Waals surface area contributed by atoms with E-state index in [-0.39, 0.29) is 12.4 Å². The van der Waals surface area contributed by atoms with Gasteiger partial charge in [-0.3, -0.25) is 4.68 Å². The van der Waals surface area contributed by atoms with E-state index in [1.807, 2.05) is 13.8 Å². The molecule has 0 N–H and O–H groups in total. The van der Waals surface area contributed by atoms with Crippen molar-refractivity contribution in [3.8, 4) is 0 Å². The van der Waals surface area contributed by atoms with E-state index in [0.29, 0.717) is 0 Å². The van der Waals surface area contributed by atoms with Gasteiger partial charge in [-0.25, -0.2) is 4.39 Å². The largest absolute Gasteiger partial charge is 0.265 e. The minimum absolute atomic E-state index is 0.161. The van der Waals surface area contributed by atoms with Crippen LogP contribution in [0.3, 0.4) is 0 Å². The molecule has 0 unspecified atom stereocenters. The molecular formula is C8H11FN2. The van der Waals surface area contributed by atoms with E-state index < -0.39 is 0 Å². The van der Waals surface area contributed by atoms with Crippen LogP contribution in [0.1, 0.15) is 11.3 Å². The maximum absolute atomic E-state index is 12.3. The van der Waals surface area contributed by atoms with Gasteiger partial charge in [0.05, 0.1) is 12.2 Å². The minimum atomic E-state index is -0.368. The number of aromatic nitrogens is 2. The average Bonchev–Trinajstić information content (AvgIpc) is 2.10. The van der Waals surface area contributed by atoms with Crippen LogP contribution in [0, 0.1) is 13.8 Å². The molecule has 1 heterocycles. The molecule has 60 valence electrons. The first-order valence-corrected chi connectivity index (χ1v) is 3.43. The molecule has 1 aromatic heterocycles. The van der Waals surface area contributed by atoms with Crippen LogP contribution in [0.15, 0.2) is 18.6 Å². The summed E-state index contributed by atoms with van der Waals surface area (Å²) in [7, 11) is 0. The summed E-state index contributed by atoms with van der Waals surface area (Å²) < 4.78 is 13.8. The Kier molecular flexibility index (Phi) is 2.08. The zero-order valence-electron chi connectivity index (χ0n) is 6.76. The van der Waals surface area contributed by atoms with Crippen LogP contribution < -0.4 is 0 Å². The van der Waals surface area contributed by atoms with Gasteiger partial charge in [0.1, 0.15) is 5.83 Å². The molecule has 0 saturated carbocycles. The fourth-order valence-electron chi connectivity index (χ4n) is 0.874. The molecule has 11 heavy (non-hydrogen) atoms. The third-order valence-electron chi connectivity index (χ3n) is 1.53. The Hall–Kier alpha value is -1.12. The summed E-state index contributed by atoms with van der Waals surface area (Å²) in [5.74, 6) is -0.368. The van der Waals surface area contributed by atoms with Gasteiger partial charge in [0, 0.05) is 6.20 Å². The maximum Gasteiger partial charge on any atom is 0.114 e. The molecule has 0 radical (unpaired) electrons. The quantitative estimate of drug-likeness (QED) is 0.637. The molecule has 0 aliphatic heterocycles. The fraction of sp³-hybridized carbons (Fsp3) is 0.375. The summed E-state index contributed by atoms with van der Waals surface area (Å²) in [4.78, 5) is 0. The van der Waals surface area contributed by atoms with Crippen molar-refractivity contribution in [1.82, 2.24) is 9.78 Å². The lowest BCUT2D eigenvalue weighted by molar-refractivity contribution is 0.530. The highest BCUT2D eigenvalue weighted by molar-refractivity contribution is 5.12. The summed E-state index contributed by atoms with van der Waals surface area (Å²) in [6, 6.07) is 0. The van der Waals surface area contributed by atoms with Crippen molar-refractivity contribution < 1.29 is 4.39 Å². The number of hydrogen-bond acceptors (Lipinski definition) is 1. The van der Waals surface area contributed by atoms with Gasteiger partial charge in [0.2, 0.25) is 0 Å². The first-order chi connectivity index (χ1) is 5.09. The maximum atomic E-state index is 12.3. The van der Waals surface area contributed by atoms with E-state index >= 15 is 0 Å². The van der Waals surface area contributed by atoms with E-state index in [1.54, 1.807) is 10.9 Å². The second-order valence-electron chi connectivity index (χ2n) is 2.61. The predicted molar refractivity (Wildman–Crippen MR) is 41.9 cm³/mol. The van der Waals surface area contributed by atoms with E-state index in [0.717, 1.165) is 11.3 Å². The molecular weight excluding hydrogens is 143 g/mol. The van der Waals surface area contributed by atoms with Crippen LogP contribution in [0.4, 0.5) is 4.39 Å². The lowest BCUT2D eigenvalue weighted by Gasteiger charge is -1.94. The number of aryl methyl sites for hydroxylation is 2. The van der Waals surface area contributed by atoms with Crippen LogP contribution in [-0.4, -0.2) is 9.78 Å². The molecule has 0 atom stereocenters. The molecule has 0 aliphatic carbocycles. The van der Waals surface area contributed by atoms with Gasteiger partial charge in [0.15, 0.2) is 0 Å². The second kappa shape index (κ2) is 2.86. The second-order valence-corrected chi connectivity index (χ2v) is 2.61. The van der Waals surface area contributed by atoms with Crippen LogP contribution in [-0.2, 0) is 6.54 Å². The third kappa shape index (κ3) is 1.90. The van der Waals surface area contributed by atoms with E-state index in [1.165, 1.54) is 0 Å². The fourth-order valence-corrected chi connectivity index (χ4v) is 0.874. The Morgan fingerprint density at radius 1 is 1.73 bits per heavy atom. The van der Waals surface area contributed by atoms with Crippen LogP contribution >= 0.6 is 0 Å². The smallest absolute Gasteiger partial charge is 0.114 e. The Labute approximate surface area is 65.3 Å². The van der Waals surface area contributed by atoms with Crippen LogP contribution in [0.25, 0.3) is 0 Å². The SMILES string of the molecule is C=C(F)Cn1cc(C)c(C)n1. The van der Waals surface area contributed by atoms with Gasteiger partial charge in [-0.15, -0.1) is 0 Å². The molecule has 0 fully saturated rings. The number of nitrogens with zero attached hydrogens (tertiary/aromatic N) is 2. The standard InChI is InChI=1S/C8H11FN2/c1-6-4-11(5-7(2)9)10-8(6)3/h4H,2,5H2,1,3H3. The highest BCUT2D eigenvalue weighted by Gasteiger charge is 1.99. The van der Waals surface area contributed by atoms with Gasteiger partial charge in [0.25, 0.3) is 0 Å². The number of allylic oxidation sites excluding steroid dienone is 1. The molecule has 0 saturated heterocycles. The lowest BCUT2D eigenvalue weighted by Crippen LogP contribution is -1.98. The van der Waals surface area contributed by atoms with Crippen molar-refractivity contribution in [3.05, 3.63) is 29.9 Å². The molecule has 0 aliphatic rings. The van der Waals surface area contributed by atoms with Crippen molar-refractivity contribution in [2.24, 2.45) is 0 Å². The highest BCUT2D eigenvalue weighted by Crippen LogP contribution is 2.04. The van der Waals surface area contributed by atoms with Crippen molar-refractivity contribution in [3.63, 3.8) is 0 Å². The molecule has 1 aromatic rings. The Morgan fingerprint density at radius 3 is 2.73 bits per heavy atom. The zero-order valence-corrected chi connectivity index (χ0v) is 6.76. The van der Waals surface area contributed by atoms with Gasteiger partial charge in [-0.05, 0) is 19.4 Å². The lowest BCUT2D eigenvalue weighted by atomic mass is 10.3. The average molecular weight is 154 g/mol. The molecule has 0 amide bonds. The first-order valence-electron chi connectivity index (χ1n) is 3.43. The molecule has 1 rings (SSSR count). The Bertz CT molecular complexity index is 256. The number of hydrogen-bond donors (Lipinski definition) is 0. The van der Waals surface area contributed by atoms with Gasteiger partial charge < -0.3 is 0 Å². The molecule has 0 aromatic carbocycles. The Balaban J connectivity index is 2.81. The van der Waals surface area contributed by atoms with E-state index in [2.05, 4.69) is 11.7 Å². The van der Waals surface area contributed by atoms with Gasteiger partial charge in [-0.2, -0.15) is 5.10 Å². The third-order valence-corrected chi connectivity index (χ3v) is 1.53. The summed E-state index contributed by atoms with van der Waals surface area (Å²) in [5, 5.41) is 4.07. The number of halogens is 1. The van der Waals surface area contributed by atoms with E-state index in [4.69, 9.17) is 0 Å². The predicted octanol–water partition coefficient (Wildman–Crippen LogP) is 1.98. The highest BCUT2D eigenvalue weighted by atomic mass is 19.1. The van der Waals surface area contributed by atoms with E-state index in [9.17, 15) is 4.39 Å². The van der Waals surface area contributed by atoms with Crippen molar-refractivity contribution in [2.45, 2.75) is 20.4 Å². The minimum Gasteiger partial charge on any atom is -0.265 e. The summed E-state index contributed by atoms with van der Waals surface area (Å²) in [6.45, 7) is 7.16. The molecule has 0 bridgehead atoms. The van der Waals surface area contributed by atoms with Crippen molar-refractivity contribution in [1.29, 1.82) is 0 Å². The Morgan fingerprint density at radius 2 is 2.36 bits per heavy atom. The number of rotatable bonds is 2. The zero-order chi connectivity index (χ0) is 8.43. The summed E-state index contributed by atoms with van der Waals surface area (Å²) in [6.07, 6.45) is 1.81. The monoisotopic (exact) mass is 154 g/mol. The topological polar surface area (TPSA) is 17.8 Å². The molecule has 3 heteroatoms. The summed E-state index contributed by atoms with van der Waals surface area (Å²) in [5.41, 5.74) is 2.01. The molecule has 0 spiro atoms. The van der Waals surface area contributed by atoms with Crippen LogP contribution in [0.2, 0.25) is 0 Å². The first kappa shape index (κ1) is 7.98. The van der Waals surface area contributed by atoms with Crippen molar-refractivity contribution in [2.75, 3.05) is 0 Å². The summed E-state index contributed by atoms with van der Waals surface area (Å²) >= 11 is 0. The normalized spacial score (nSPS) is 10.1. The van der Waals surface area contributed by atoms with Crippen LogP contribution in [0.5, 0.6) is 0 Å². The van der Waals surface area contributed by atoms with Gasteiger partial charge in [-0.1, -0.05) is 6.58 Å². The van der Waals surface area contributed by atoms with Gasteiger partial charge >= 0.3 is 0 Å². The van der Waals surface area contributed by atoms with Crippen molar-refractivity contribution >= 4 is 0 Å².